The third kappa shape index (κ3) is 6.05. The lowest BCUT2D eigenvalue weighted by molar-refractivity contribution is -0.138. The lowest BCUT2D eigenvalue weighted by Gasteiger charge is -2.33. The number of halogens is 4. The lowest BCUT2D eigenvalue weighted by Crippen LogP contribution is -2.48. The summed E-state index contributed by atoms with van der Waals surface area (Å²) in [5.41, 5.74) is 0.639. The Kier molecular flexibility index (Phi) is 7.35. The van der Waals surface area contributed by atoms with E-state index in [0.717, 1.165) is 11.2 Å². The first kappa shape index (κ1) is 27.3. The summed E-state index contributed by atoms with van der Waals surface area (Å²) >= 11 is 6.10. The van der Waals surface area contributed by atoms with Crippen LogP contribution in [-0.2, 0) is 19.4 Å². The van der Waals surface area contributed by atoms with Gasteiger partial charge in [-0.05, 0) is 35.9 Å². The summed E-state index contributed by atoms with van der Waals surface area (Å²) in [7, 11) is -3.48. The number of sulfone groups is 1. The largest absolute Gasteiger partial charge is 0.405 e. The Bertz CT molecular complexity index is 1560. The minimum Gasteiger partial charge on any atom is -0.345 e. The number of hydrogen-bond acceptors (Lipinski definition) is 6. The molecule has 0 bridgehead atoms. The number of nitrogens with zero attached hydrogens (tertiary/aromatic N) is 2. The molecule has 0 saturated carbocycles. The highest BCUT2D eigenvalue weighted by molar-refractivity contribution is 7.90. The minimum absolute atomic E-state index is 0.0732. The number of fused-ring (bicyclic) bond motifs is 2. The second-order valence-electron chi connectivity index (χ2n) is 8.69. The van der Waals surface area contributed by atoms with E-state index in [4.69, 9.17) is 11.6 Å². The summed E-state index contributed by atoms with van der Waals surface area (Å²) in [5.74, 6) is -3.29. The molecule has 0 aliphatic carbocycles. The normalized spacial score (nSPS) is 15.8. The maximum Gasteiger partial charge on any atom is 0.405 e. The van der Waals surface area contributed by atoms with Gasteiger partial charge >= 0.3 is 6.18 Å². The first-order valence-electron chi connectivity index (χ1n) is 11.0. The van der Waals surface area contributed by atoms with Crippen molar-refractivity contribution in [2.75, 3.05) is 31.2 Å². The van der Waals surface area contributed by atoms with Crippen LogP contribution >= 0.6 is 11.6 Å². The van der Waals surface area contributed by atoms with Gasteiger partial charge in [-0.2, -0.15) is 13.2 Å². The van der Waals surface area contributed by atoms with Gasteiger partial charge in [0.25, 0.3) is 5.91 Å². The van der Waals surface area contributed by atoms with E-state index in [0.29, 0.717) is 16.3 Å². The Morgan fingerprint density at radius 2 is 1.89 bits per heavy atom. The van der Waals surface area contributed by atoms with E-state index >= 15 is 0 Å². The van der Waals surface area contributed by atoms with Crippen molar-refractivity contribution in [1.29, 1.82) is 0 Å². The number of rotatable bonds is 6. The summed E-state index contributed by atoms with van der Waals surface area (Å²) in [6.45, 7) is -2.54. The van der Waals surface area contributed by atoms with Crippen LogP contribution in [0, 0.1) is 0 Å². The van der Waals surface area contributed by atoms with Crippen molar-refractivity contribution in [2.45, 2.75) is 17.0 Å². The Hall–Kier alpha value is -3.71. The predicted octanol–water partition coefficient (Wildman–Crippen LogP) is 3.15. The number of carbonyl (C=O) groups excluding carboxylic acids is 3. The van der Waals surface area contributed by atoms with Crippen LogP contribution < -0.4 is 10.6 Å². The number of carbonyl (C=O) groups is 3. The number of alkyl halides is 3. The van der Waals surface area contributed by atoms with Crippen LogP contribution in [0.5, 0.6) is 0 Å². The van der Waals surface area contributed by atoms with Crippen molar-refractivity contribution in [2.24, 2.45) is 0 Å². The van der Waals surface area contributed by atoms with Gasteiger partial charge in [0, 0.05) is 40.4 Å². The fourth-order valence-corrected chi connectivity index (χ4v) is 4.92. The molecule has 1 aliphatic rings. The predicted molar refractivity (Wildman–Crippen MR) is 133 cm³/mol. The molecular formula is C24H20ClF3N4O5S. The SMILES string of the molecule is CS(=O)(=O)c1ccc2c(NC(=O)C3CN(CC(=O)NCC(F)(F)F)C(=O)c4ccc(Cl)cc43)cncc2c1. The van der Waals surface area contributed by atoms with Gasteiger partial charge in [0.1, 0.15) is 6.54 Å². The van der Waals surface area contributed by atoms with Gasteiger partial charge in [-0.3, -0.25) is 19.4 Å². The van der Waals surface area contributed by atoms with Gasteiger partial charge in [-0.25, -0.2) is 8.42 Å². The zero-order chi connectivity index (χ0) is 27.8. The minimum atomic E-state index is -4.62. The van der Waals surface area contributed by atoms with E-state index in [1.54, 1.807) is 5.32 Å². The molecule has 1 aliphatic heterocycles. The van der Waals surface area contributed by atoms with Gasteiger partial charge < -0.3 is 15.5 Å². The van der Waals surface area contributed by atoms with E-state index in [-0.39, 0.29) is 27.7 Å². The average molecular weight is 569 g/mol. The number of aromatic nitrogens is 1. The molecule has 1 unspecified atom stereocenters. The zero-order valence-electron chi connectivity index (χ0n) is 19.7. The van der Waals surface area contributed by atoms with Crippen molar-refractivity contribution in [3.05, 3.63) is 64.9 Å². The molecule has 200 valence electrons. The molecule has 1 aromatic heterocycles. The van der Waals surface area contributed by atoms with Crippen molar-refractivity contribution in [1.82, 2.24) is 15.2 Å². The van der Waals surface area contributed by atoms with Gasteiger partial charge in [0.15, 0.2) is 9.84 Å². The summed E-state index contributed by atoms with van der Waals surface area (Å²) in [4.78, 5) is 43.6. The maximum absolute atomic E-state index is 13.4. The summed E-state index contributed by atoms with van der Waals surface area (Å²) in [6, 6.07) is 8.59. The molecule has 14 heteroatoms. The third-order valence-electron chi connectivity index (χ3n) is 5.86. The van der Waals surface area contributed by atoms with Crippen LogP contribution in [0.1, 0.15) is 21.8 Å². The smallest absolute Gasteiger partial charge is 0.345 e. The van der Waals surface area contributed by atoms with Crippen LogP contribution in [0.3, 0.4) is 0 Å². The molecule has 4 rings (SSSR count). The topological polar surface area (TPSA) is 126 Å². The van der Waals surface area contributed by atoms with Crippen LogP contribution in [-0.4, -0.2) is 68.1 Å². The molecule has 3 aromatic rings. The van der Waals surface area contributed by atoms with Crippen LogP contribution in [0.15, 0.2) is 53.7 Å². The van der Waals surface area contributed by atoms with Crippen LogP contribution in [0.2, 0.25) is 5.02 Å². The molecule has 2 heterocycles. The summed E-state index contributed by atoms with van der Waals surface area (Å²) in [6.07, 6.45) is -0.748. The van der Waals surface area contributed by atoms with Crippen molar-refractivity contribution < 1.29 is 36.0 Å². The molecule has 0 radical (unpaired) electrons. The zero-order valence-corrected chi connectivity index (χ0v) is 21.2. The fraction of sp³-hybridized carbons (Fsp3) is 0.250. The highest BCUT2D eigenvalue weighted by atomic mass is 35.5. The summed E-state index contributed by atoms with van der Waals surface area (Å²) in [5, 5.41) is 5.65. The number of pyridine rings is 1. The van der Waals surface area contributed by atoms with Gasteiger partial charge in [0.05, 0.1) is 29.2 Å². The number of hydrogen-bond donors (Lipinski definition) is 2. The molecule has 0 fully saturated rings. The Labute approximate surface area is 219 Å². The molecule has 2 N–H and O–H groups in total. The second-order valence-corrected chi connectivity index (χ2v) is 11.1. The molecule has 9 nitrogen and oxygen atoms in total. The van der Waals surface area contributed by atoms with Gasteiger partial charge in [-0.1, -0.05) is 17.7 Å². The number of anilines is 1. The maximum atomic E-state index is 13.4. The molecule has 0 saturated heterocycles. The van der Waals surface area contributed by atoms with Crippen molar-refractivity contribution >= 4 is 55.6 Å². The highest BCUT2D eigenvalue weighted by Gasteiger charge is 2.37. The first-order valence-corrected chi connectivity index (χ1v) is 13.3. The molecule has 3 amide bonds. The molecule has 2 aromatic carbocycles. The van der Waals surface area contributed by atoms with E-state index in [1.807, 2.05) is 0 Å². The van der Waals surface area contributed by atoms with E-state index in [2.05, 4.69) is 10.3 Å². The van der Waals surface area contributed by atoms with Crippen LogP contribution in [0.4, 0.5) is 18.9 Å². The Morgan fingerprint density at radius 3 is 2.58 bits per heavy atom. The Balaban J connectivity index is 1.63. The fourth-order valence-electron chi connectivity index (χ4n) is 4.08. The second kappa shape index (κ2) is 10.2. The summed E-state index contributed by atoms with van der Waals surface area (Å²) < 4.78 is 61.2. The lowest BCUT2D eigenvalue weighted by atomic mass is 9.88. The first-order chi connectivity index (χ1) is 17.7. The van der Waals surface area contributed by atoms with Crippen molar-refractivity contribution in [3.63, 3.8) is 0 Å². The number of nitrogens with one attached hydrogen (secondary N) is 2. The monoisotopic (exact) mass is 568 g/mol. The third-order valence-corrected chi connectivity index (χ3v) is 7.21. The standard InChI is InChI=1S/C24H20ClF3N4O5S/c1-38(36,37)15-3-5-16-13(6-15)8-29-9-20(16)31-22(34)19-10-32(11-21(33)30-12-24(26,27)28)23(35)17-4-2-14(25)7-18(17)19/h2-9,19H,10-12H2,1H3,(H,30,33)(H,31,34). The van der Waals surface area contributed by atoms with Crippen molar-refractivity contribution in [3.8, 4) is 0 Å². The van der Waals surface area contributed by atoms with E-state index in [9.17, 15) is 36.0 Å². The number of benzene rings is 2. The molecular weight excluding hydrogens is 549 g/mol. The quantitative estimate of drug-likeness (QED) is 0.471. The van der Waals surface area contributed by atoms with E-state index in [1.165, 1.54) is 48.8 Å². The molecule has 0 spiro atoms. The molecule has 38 heavy (non-hydrogen) atoms. The van der Waals surface area contributed by atoms with E-state index < -0.39 is 52.7 Å². The van der Waals surface area contributed by atoms with Gasteiger partial charge in [0.2, 0.25) is 11.8 Å². The molecule has 1 atom stereocenters. The van der Waals surface area contributed by atoms with Crippen LogP contribution in [0.25, 0.3) is 10.8 Å². The Morgan fingerprint density at radius 1 is 1.16 bits per heavy atom. The number of amides is 3. The van der Waals surface area contributed by atoms with Gasteiger partial charge in [-0.15, -0.1) is 0 Å². The highest BCUT2D eigenvalue weighted by Crippen LogP contribution is 2.33. The average Bonchev–Trinajstić information content (AvgIpc) is 2.83.